The van der Waals surface area contributed by atoms with Crippen molar-refractivity contribution in [1.82, 2.24) is 5.32 Å². The van der Waals surface area contributed by atoms with Crippen molar-refractivity contribution in [3.05, 3.63) is 63.4 Å². The number of allylic oxidation sites excluding steroid dienone is 1. The molecule has 1 amide bonds. The number of ketones is 1. The van der Waals surface area contributed by atoms with Gasteiger partial charge in [-0.2, -0.15) is 0 Å². The van der Waals surface area contributed by atoms with Crippen molar-refractivity contribution >= 4 is 29.1 Å². The number of thiophene rings is 1. The molecule has 0 bridgehead atoms. The minimum absolute atomic E-state index is 0.0188. The highest BCUT2D eigenvalue weighted by molar-refractivity contribution is 7.14. The zero-order valence-corrected chi connectivity index (χ0v) is 12.9. The fourth-order valence-corrected chi connectivity index (χ4v) is 2.62. The summed E-state index contributed by atoms with van der Waals surface area (Å²) >= 11 is 1.41. The summed E-state index contributed by atoms with van der Waals surface area (Å²) in [7, 11) is 0. The van der Waals surface area contributed by atoms with Crippen LogP contribution in [0.4, 0.5) is 0 Å². The van der Waals surface area contributed by atoms with E-state index in [0.717, 1.165) is 10.4 Å². The number of carbonyl (C=O) groups excluding carboxylic acids is 2. The fraction of sp³-hybridized carbons (Fsp3) is 0.176. The largest absolute Gasteiger partial charge is 0.351 e. The summed E-state index contributed by atoms with van der Waals surface area (Å²) in [5.74, 6) is -0.0924. The van der Waals surface area contributed by atoms with Gasteiger partial charge in [-0.3, -0.25) is 9.59 Å². The standard InChI is InChI=1S/C17H17NO2S/c1-12-3-5-14(6-4-12)7-9-16(20)17-10-8-15(21-17)11-18-13(2)19/h3-10H,11H2,1-2H3,(H,18,19). The Morgan fingerprint density at radius 1 is 1.14 bits per heavy atom. The Kier molecular flexibility index (Phi) is 5.06. The van der Waals surface area contributed by atoms with Gasteiger partial charge in [0.2, 0.25) is 5.91 Å². The summed E-state index contributed by atoms with van der Waals surface area (Å²) < 4.78 is 0. The second kappa shape index (κ2) is 6.99. The van der Waals surface area contributed by atoms with Crippen molar-refractivity contribution in [1.29, 1.82) is 0 Å². The van der Waals surface area contributed by atoms with Crippen LogP contribution in [-0.2, 0) is 11.3 Å². The summed E-state index contributed by atoms with van der Waals surface area (Å²) in [6.07, 6.45) is 3.40. The minimum Gasteiger partial charge on any atom is -0.351 e. The van der Waals surface area contributed by atoms with Gasteiger partial charge in [-0.1, -0.05) is 35.9 Å². The van der Waals surface area contributed by atoms with Crippen LogP contribution in [0.15, 0.2) is 42.5 Å². The highest BCUT2D eigenvalue weighted by atomic mass is 32.1. The first kappa shape index (κ1) is 15.2. The van der Waals surface area contributed by atoms with Gasteiger partial charge in [0.05, 0.1) is 11.4 Å². The second-order valence-corrected chi connectivity index (χ2v) is 5.95. The lowest BCUT2D eigenvalue weighted by Crippen LogP contribution is -2.18. The minimum atomic E-state index is -0.0736. The monoisotopic (exact) mass is 299 g/mol. The van der Waals surface area contributed by atoms with E-state index in [-0.39, 0.29) is 11.7 Å². The van der Waals surface area contributed by atoms with E-state index in [0.29, 0.717) is 11.4 Å². The molecule has 0 aliphatic carbocycles. The molecule has 1 aromatic carbocycles. The molecule has 0 spiro atoms. The number of hydrogen-bond acceptors (Lipinski definition) is 3. The van der Waals surface area contributed by atoms with Gasteiger partial charge in [-0.25, -0.2) is 0 Å². The molecule has 3 nitrogen and oxygen atoms in total. The van der Waals surface area contributed by atoms with E-state index in [1.807, 2.05) is 43.3 Å². The number of aryl methyl sites for hydroxylation is 1. The summed E-state index contributed by atoms with van der Waals surface area (Å²) in [6.45, 7) is 3.97. The molecule has 0 unspecified atom stereocenters. The lowest BCUT2D eigenvalue weighted by Gasteiger charge is -1.97. The molecule has 0 saturated heterocycles. The predicted molar refractivity (Wildman–Crippen MR) is 86.4 cm³/mol. The lowest BCUT2D eigenvalue weighted by atomic mass is 10.1. The van der Waals surface area contributed by atoms with Crippen LogP contribution in [0, 0.1) is 6.92 Å². The van der Waals surface area contributed by atoms with Crippen LogP contribution in [0.1, 0.15) is 32.6 Å². The molecule has 108 valence electrons. The maximum absolute atomic E-state index is 12.1. The molecular formula is C17H17NO2S. The van der Waals surface area contributed by atoms with Gasteiger partial charge in [-0.15, -0.1) is 11.3 Å². The molecule has 21 heavy (non-hydrogen) atoms. The Labute approximate surface area is 128 Å². The zero-order chi connectivity index (χ0) is 15.2. The first-order valence-electron chi connectivity index (χ1n) is 6.67. The van der Waals surface area contributed by atoms with Gasteiger partial charge >= 0.3 is 0 Å². The van der Waals surface area contributed by atoms with Crippen LogP contribution in [0.5, 0.6) is 0 Å². The third-order valence-electron chi connectivity index (χ3n) is 2.92. The Morgan fingerprint density at radius 3 is 2.52 bits per heavy atom. The SMILES string of the molecule is CC(=O)NCc1ccc(C(=O)C=Cc2ccc(C)cc2)s1. The van der Waals surface area contributed by atoms with E-state index in [2.05, 4.69) is 5.32 Å². The predicted octanol–water partition coefficient (Wildman–Crippen LogP) is 3.59. The molecule has 0 fully saturated rings. The van der Waals surface area contributed by atoms with E-state index in [4.69, 9.17) is 0 Å². The lowest BCUT2D eigenvalue weighted by molar-refractivity contribution is -0.119. The van der Waals surface area contributed by atoms with Crippen molar-refractivity contribution in [2.45, 2.75) is 20.4 Å². The van der Waals surface area contributed by atoms with E-state index < -0.39 is 0 Å². The molecule has 2 rings (SSSR count). The van der Waals surface area contributed by atoms with E-state index in [1.165, 1.54) is 23.8 Å². The summed E-state index contributed by atoms with van der Waals surface area (Å²) in [5, 5.41) is 2.72. The Hall–Kier alpha value is -2.20. The van der Waals surface area contributed by atoms with E-state index in [9.17, 15) is 9.59 Å². The summed E-state index contributed by atoms with van der Waals surface area (Å²) in [4.78, 5) is 24.6. The third kappa shape index (κ3) is 4.68. The molecule has 0 aliphatic heterocycles. The number of hydrogen-bond donors (Lipinski definition) is 1. The molecule has 1 aromatic heterocycles. The number of nitrogens with one attached hydrogen (secondary N) is 1. The normalized spacial score (nSPS) is 10.8. The summed E-state index contributed by atoms with van der Waals surface area (Å²) in [6, 6.07) is 11.7. The molecule has 1 N–H and O–H groups in total. The Morgan fingerprint density at radius 2 is 1.86 bits per heavy atom. The van der Waals surface area contributed by atoms with Crippen molar-refractivity contribution in [2.75, 3.05) is 0 Å². The van der Waals surface area contributed by atoms with Crippen molar-refractivity contribution in [3.8, 4) is 0 Å². The van der Waals surface area contributed by atoms with Gasteiger partial charge in [0, 0.05) is 11.8 Å². The third-order valence-corrected chi connectivity index (χ3v) is 4.02. The average Bonchev–Trinajstić information content (AvgIpc) is 2.93. The molecular weight excluding hydrogens is 282 g/mol. The van der Waals surface area contributed by atoms with E-state index in [1.54, 1.807) is 12.1 Å². The molecule has 0 radical (unpaired) electrons. The number of carbonyl (C=O) groups is 2. The van der Waals surface area contributed by atoms with Gasteiger partial charge in [-0.05, 0) is 30.7 Å². The average molecular weight is 299 g/mol. The number of amides is 1. The highest BCUT2D eigenvalue weighted by Gasteiger charge is 2.06. The van der Waals surface area contributed by atoms with Crippen LogP contribution >= 0.6 is 11.3 Å². The maximum Gasteiger partial charge on any atom is 0.217 e. The topological polar surface area (TPSA) is 46.2 Å². The molecule has 0 saturated carbocycles. The number of rotatable bonds is 5. The van der Waals surface area contributed by atoms with Crippen LogP contribution < -0.4 is 5.32 Å². The van der Waals surface area contributed by atoms with Gasteiger partial charge in [0.25, 0.3) is 0 Å². The van der Waals surface area contributed by atoms with Crippen molar-refractivity contribution in [2.24, 2.45) is 0 Å². The molecule has 2 aromatic rings. The van der Waals surface area contributed by atoms with Gasteiger partial charge in [0.1, 0.15) is 0 Å². The highest BCUT2D eigenvalue weighted by Crippen LogP contribution is 2.18. The Balaban J connectivity index is 2.00. The molecule has 4 heteroatoms. The van der Waals surface area contributed by atoms with Crippen LogP contribution in [0.2, 0.25) is 0 Å². The molecule has 1 heterocycles. The van der Waals surface area contributed by atoms with Gasteiger partial charge < -0.3 is 5.32 Å². The number of benzene rings is 1. The van der Waals surface area contributed by atoms with Crippen molar-refractivity contribution < 1.29 is 9.59 Å². The van der Waals surface area contributed by atoms with Crippen LogP contribution in [0.25, 0.3) is 6.08 Å². The zero-order valence-electron chi connectivity index (χ0n) is 12.1. The van der Waals surface area contributed by atoms with Crippen LogP contribution in [0.3, 0.4) is 0 Å². The Bertz CT molecular complexity index is 668. The molecule has 0 aliphatic rings. The van der Waals surface area contributed by atoms with Gasteiger partial charge in [0.15, 0.2) is 5.78 Å². The molecule has 0 atom stereocenters. The quantitative estimate of drug-likeness (QED) is 0.677. The van der Waals surface area contributed by atoms with Crippen molar-refractivity contribution in [3.63, 3.8) is 0 Å². The van der Waals surface area contributed by atoms with E-state index >= 15 is 0 Å². The smallest absolute Gasteiger partial charge is 0.217 e. The summed E-state index contributed by atoms with van der Waals surface area (Å²) in [5.41, 5.74) is 2.20. The first-order valence-corrected chi connectivity index (χ1v) is 7.48. The maximum atomic E-state index is 12.1. The second-order valence-electron chi connectivity index (χ2n) is 4.78. The first-order chi connectivity index (χ1) is 10.0. The fourth-order valence-electron chi connectivity index (χ4n) is 1.75. The van der Waals surface area contributed by atoms with Crippen LogP contribution in [-0.4, -0.2) is 11.7 Å².